The minimum absolute atomic E-state index is 0.153. The van der Waals surface area contributed by atoms with E-state index in [0.717, 1.165) is 17.7 Å². The number of nitrogens with zero attached hydrogens (tertiary/aromatic N) is 4. The van der Waals surface area contributed by atoms with Crippen LogP contribution in [-0.4, -0.2) is 43.0 Å². The van der Waals surface area contributed by atoms with Gasteiger partial charge in [0.05, 0.1) is 10.1 Å². The first-order valence-corrected chi connectivity index (χ1v) is 9.98. The van der Waals surface area contributed by atoms with Crippen LogP contribution < -0.4 is 5.84 Å². The highest BCUT2D eigenvalue weighted by molar-refractivity contribution is 8.00. The summed E-state index contributed by atoms with van der Waals surface area (Å²) >= 11 is 2.94. The number of aromatic nitrogens is 3. The van der Waals surface area contributed by atoms with Gasteiger partial charge in [-0.2, -0.15) is 0 Å². The molecule has 1 saturated heterocycles. The number of likely N-dealkylation sites (tertiary alicyclic amines) is 1. The smallest absolute Gasteiger partial charge is 0.236 e. The van der Waals surface area contributed by atoms with Gasteiger partial charge in [0.1, 0.15) is 0 Å². The van der Waals surface area contributed by atoms with Crippen molar-refractivity contribution in [1.29, 1.82) is 0 Å². The van der Waals surface area contributed by atoms with E-state index in [0.29, 0.717) is 23.1 Å². The highest BCUT2D eigenvalue weighted by atomic mass is 32.2. The molecule has 3 heterocycles. The topological polar surface area (TPSA) is 77.0 Å². The summed E-state index contributed by atoms with van der Waals surface area (Å²) in [7, 11) is 0. The number of nitrogen functional groups attached to an aromatic ring is 1. The van der Waals surface area contributed by atoms with Gasteiger partial charge in [-0.3, -0.25) is 4.79 Å². The third kappa shape index (κ3) is 3.30. The number of carbonyl (C=O) groups excluding carboxylic acids is 1. The van der Waals surface area contributed by atoms with E-state index in [-0.39, 0.29) is 11.2 Å². The molecular weight excluding hydrogens is 342 g/mol. The summed E-state index contributed by atoms with van der Waals surface area (Å²) in [5, 5.41) is 10.6. The maximum absolute atomic E-state index is 12.9. The van der Waals surface area contributed by atoms with Gasteiger partial charge in [-0.25, -0.2) is 4.68 Å². The number of nitrogens with two attached hydrogens (primary N) is 1. The standard InChI is InChI=1S/C16H23N5OS2/c1-10-6-4-7-11(2)20(10)15(22)12(3)24-16-19-18-14(21(16)17)13-8-5-9-23-13/h5,8-12H,4,6-7,17H2,1-3H3/t10-,11+,12-/m1/s1. The number of carbonyl (C=O) groups is 1. The van der Waals surface area contributed by atoms with E-state index in [1.807, 2.05) is 29.3 Å². The number of thioether (sulfide) groups is 1. The normalized spacial score (nSPS) is 22.5. The number of amides is 1. The largest absolute Gasteiger partial charge is 0.336 e. The van der Waals surface area contributed by atoms with E-state index in [1.54, 1.807) is 11.3 Å². The molecule has 0 aromatic carbocycles. The fourth-order valence-corrected chi connectivity index (χ4v) is 4.74. The number of piperidine rings is 1. The second-order valence-electron chi connectivity index (χ2n) is 6.29. The Labute approximate surface area is 150 Å². The Morgan fingerprint density at radius 1 is 1.38 bits per heavy atom. The molecule has 0 bridgehead atoms. The maximum Gasteiger partial charge on any atom is 0.236 e. The molecule has 130 valence electrons. The van der Waals surface area contributed by atoms with Gasteiger partial charge in [-0.15, -0.1) is 21.5 Å². The first kappa shape index (κ1) is 17.3. The van der Waals surface area contributed by atoms with Crippen LogP contribution in [0.2, 0.25) is 0 Å². The minimum atomic E-state index is -0.240. The zero-order chi connectivity index (χ0) is 17.3. The van der Waals surface area contributed by atoms with Crippen molar-refractivity contribution >= 4 is 29.0 Å². The van der Waals surface area contributed by atoms with E-state index < -0.39 is 0 Å². The molecule has 0 unspecified atom stereocenters. The third-order valence-corrected chi connectivity index (χ3v) is 6.39. The molecule has 8 heteroatoms. The van der Waals surface area contributed by atoms with Crippen LogP contribution in [0.25, 0.3) is 10.7 Å². The summed E-state index contributed by atoms with van der Waals surface area (Å²) in [4.78, 5) is 15.9. The molecule has 1 amide bonds. The molecule has 2 aromatic rings. The van der Waals surface area contributed by atoms with Crippen LogP contribution in [0.15, 0.2) is 22.7 Å². The molecule has 0 saturated carbocycles. The Morgan fingerprint density at radius 2 is 2.08 bits per heavy atom. The van der Waals surface area contributed by atoms with E-state index in [2.05, 4.69) is 24.0 Å². The van der Waals surface area contributed by atoms with Crippen LogP contribution in [-0.2, 0) is 4.79 Å². The molecular formula is C16H23N5OS2. The highest BCUT2D eigenvalue weighted by Crippen LogP contribution is 2.30. The van der Waals surface area contributed by atoms with Crippen molar-refractivity contribution in [2.24, 2.45) is 0 Å². The van der Waals surface area contributed by atoms with Crippen molar-refractivity contribution in [3.8, 4) is 10.7 Å². The molecule has 1 aliphatic rings. The zero-order valence-electron chi connectivity index (χ0n) is 14.2. The lowest BCUT2D eigenvalue weighted by atomic mass is 9.97. The Morgan fingerprint density at radius 3 is 2.71 bits per heavy atom. The predicted molar refractivity (Wildman–Crippen MR) is 98.4 cm³/mol. The number of hydrogen-bond donors (Lipinski definition) is 1. The first-order valence-electron chi connectivity index (χ1n) is 8.22. The van der Waals surface area contributed by atoms with Crippen molar-refractivity contribution in [2.75, 3.05) is 5.84 Å². The molecule has 1 aliphatic heterocycles. The quantitative estimate of drug-likeness (QED) is 0.666. The second-order valence-corrected chi connectivity index (χ2v) is 8.54. The Hall–Kier alpha value is -1.54. The van der Waals surface area contributed by atoms with E-state index in [1.165, 1.54) is 22.9 Å². The average Bonchev–Trinajstić information content (AvgIpc) is 3.17. The van der Waals surface area contributed by atoms with Crippen molar-refractivity contribution in [3.63, 3.8) is 0 Å². The lowest BCUT2D eigenvalue weighted by molar-refractivity contribution is -0.136. The zero-order valence-corrected chi connectivity index (χ0v) is 15.8. The SMILES string of the molecule is C[C@@H]1CCC[C@H](C)N1C(=O)[C@@H](C)Sc1nnc(-c2cccs2)n1N. The van der Waals surface area contributed by atoms with Crippen LogP contribution in [0.4, 0.5) is 0 Å². The molecule has 1 fully saturated rings. The van der Waals surface area contributed by atoms with Gasteiger partial charge in [-0.05, 0) is 51.5 Å². The molecule has 6 nitrogen and oxygen atoms in total. The molecule has 2 aromatic heterocycles. The summed E-state index contributed by atoms with van der Waals surface area (Å²) in [5.41, 5.74) is 0. The molecule has 3 rings (SSSR count). The minimum Gasteiger partial charge on any atom is -0.336 e. The predicted octanol–water partition coefficient (Wildman–Crippen LogP) is 2.99. The Kier molecular flexibility index (Phi) is 5.15. The van der Waals surface area contributed by atoms with Crippen molar-refractivity contribution < 1.29 is 4.79 Å². The fourth-order valence-electron chi connectivity index (χ4n) is 3.21. The van der Waals surface area contributed by atoms with E-state index in [9.17, 15) is 4.79 Å². The van der Waals surface area contributed by atoms with Crippen LogP contribution in [0.5, 0.6) is 0 Å². The summed E-state index contributed by atoms with van der Waals surface area (Å²) in [6.45, 7) is 6.18. The van der Waals surface area contributed by atoms with Gasteiger partial charge in [0, 0.05) is 12.1 Å². The monoisotopic (exact) mass is 365 g/mol. The summed E-state index contributed by atoms with van der Waals surface area (Å²) in [6.07, 6.45) is 3.33. The third-order valence-electron chi connectivity index (χ3n) is 4.48. The van der Waals surface area contributed by atoms with Gasteiger partial charge >= 0.3 is 0 Å². The van der Waals surface area contributed by atoms with Gasteiger partial charge in [0.15, 0.2) is 5.82 Å². The van der Waals surface area contributed by atoms with Crippen molar-refractivity contribution in [1.82, 2.24) is 19.8 Å². The van der Waals surface area contributed by atoms with Crippen LogP contribution >= 0.6 is 23.1 Å². The summed E-state index contributed by atoms with van der Waals surface area (Å²) in [5.74, 6) is 6.91. The van der Waals surface area contributed by atoms with E-state index >= 15 is 0 Å². The first-order chi connectivity index (χ1) is 11.5. The van der Waals surface area contributed by atoms with Crippen molar-refractivity contribution in [2.45, 2.75) is 62.5 Å². The summed E-state index contributed by atoms with van der Waals surface area (Å²) in [6, 6.07) is 4.49. The van der Waals surface area contributed by atoms with Gasteiger partial charge < -0.3 is 10.7 Å². The van der Waals surface area contributed by atoms with Crippen LogP contribution in [0.3, 0.4) is 0 Å². The molecule has 3 atom stereocenters. The van der Waals surface area contributed by atoms with Crippen LogP contribution in [0.1, 0.15) is 40.0 Å². The number of hydrogen-bond acceptors (Lipinski definition) is 6. The van der Waals surface area contributed by atoms with Gasteiger partial charge in [0.2, 0.25) is 11.1 Å². The van der Waals surface area contributed by atoms with Crippen LogP contribution in [0, 0.1) is 0 Å². The molecule has 0 radical (unpaired) electrons. The molecule has 0 aliphatic carbocycles. The fraction of sp³-hybridized carbons (Fsp3) is 0.562. The van der Waals surface area contributed by atoms with E-state index in [4.69, 9.17) is 5.84 Å². The maximum atomic E-state index is 12.9. The lowest BCUT2D eigenvalue weighted by Gasteiger charge is -2.40. The number of rotatable bonds is 4. The lowest BCUT2D eigenvalue weighted by Crippen LogP contribution is -2.50. The molecule has 0 spiro atoms. The summed E-state index contributed by atoms with van der Waals surface area (Å²) < 4.78 is 1.48. The van der Waals surface area contributed by atoms with Gasteiger partial charge in [-0.1, -0.05) is 17.8 Å². The Bertz CT molecular complexity index is 689. The van der Waals surface area contributed by atoms with Gasteiger partial charge in [0.25, 0.3) is 0 Å². The van der Waals surface area contributed by atoms with Crippen molar-refractivity contribution in [3.05, 3.63) is 17.5 Å². The molecule has 24 heavy (non-hydrogen) atoms. The highest BCUT2D eigenvalue weighted by Gasteiger charge is 2.32. The molecule has 2 N–H and O–H groups in total. The Balaban J connectivity index is 1.73. The second kappa shape index (κ2) is 7.14. The number of thiophene rings is 1. The average molecular weight is 366 g/mol.